The zero-order valence-corrected chi connectivity index (χ0v) is 17.5. The number of hydrogen-bond acceptors (Lipinski definition) is 1. The number of hydrogen-bond donors (Lipinski definition) is 0. The summed E-state index contributed by atoms with van der Waals surface area (Å²) in [4.78, 5) is 0. The highest BCUT2D eigenvalue weighted by molar-refractivity contribution is 5.27. The van der Waals surface area contributed by atoms with E-state index < -0.39 is 0 Å². The molecule has 0 spiro atoms. The summed E-state index contributed by atoms with van der Waals surface area (Å²) in [6.45, 7) is 2.66. The largest absolute Gasteiger partial charge is 0.380 e. The summed E-state index contributed by atoms with van der Waals surface area (Å²) >= 11 is 0. The molecule has 0 heterocycles. The van der Waals surface area contributed by atoms with Crippen LogP contribution in [-0.4, -0.2) is 7.11 Å². The average molecular weight is 375 g/mol. The van der Waals surface area contributed by atoms with Crippen molar-refractivity contribution in [1.29, 1.82) is 0 Å². The molecule has 2 heteroatoms. The van der Waals surface area contributed by atoms with Crippen LogP contribution in [0.2, 0.25) is 0 Å². The van der Waals surface area contributed by atoms with Crippen molar-refractivity contribution in [2.75, 3.05) is 7.11 Å². The van der Waals surface area contributed by atoms with Crippen molar-refractivity contribution >= 4 is 0 Å². The summed E-state index contributed by atoms with van der Waals surface area (Å²) in [6, 6.07) is 5.81. The molecule has 3 rings (SSSR count). The van der Waals surface area contributed by atoms with E-state index in [0.29, 0.717) is 18.1 Å². The highest BCUT2D eigenvalue weighted by atomic mass is 19.1. The Morgan fingerprint density at radius 1 is 0.926 bits per heavy atom. The first-order valence-electron chi connectivity index (χ1n) is 11.5. The van der Waals surface area contributed by atoms with Crippen LogP contribution in [0.4, 0.5) is 4.39 Å². The van der Waals surface area contributed by atoms with E-state index in [4.69, 9.17) is 4.74 Å². The van der Waals surface area contributed by atoms with Crippen LogP contribution in [0.1, 0.15) is 101 Å². The van der Waals surface area contributed by atoms with Crippen LogP contribution in [0.25, 0.3) is 0 Å². The van der Waals surface area contributed by atoms with Crippen molar-refractivity contribution in [2.24, 2.45) is 17.8 Å². The van der Waals surface area contributed by atoms with Crippen molar-refractivity contribution in [2.45, 2.75) is 96.5 Å². The Balaban J connectivity index is 1.43. The van der Waals surface area contributed by atoms with Gasteiger partial charge < -0.3 is 4.74 Å². The summed E-state index contributed by atoms with van der Waals surface area (Å²) < 4.78 is 19.3. The van der Waals surface area contributed by atoms with E-state index in [9.17, 15) is 4.39 Å². The second-order valence-corrected chi connectivity index (χ2v) is 9.17. The van der Waals surface area contributed by atoms with Gasteiger partial charge in [0.15, 0.2) is 0 Å². The van der Waals surface area contributed by atoms with E-state index in [1.807, 2.05) is 6.07 Å². The minimum Gasteiger partial charge on any atom is -0.380 e. The molecule has 0 amide bonds. The molecule has 2 aliphatic rings. The van der Waals surface area contributed by atoms with Gasteiger partial charge in [0.2, 0.25) is 0 Å². The van der Waals surface area contributed by atoms with Gasteiger partial charge in [-0.25, -0.2) is 4.39 Å². The second kappa shape index (κ2) is 10.6. The number of rotatable bonds is 8. The van der Waals surface area contributed by atoms with Crippen molar-refractivity contribution in [3.8, 4) is 0 Å². The topological polar surface area (TPSA) is 9.23 Å². The molecule has 0 saturated heterocycles. The quantitative estimate of drug-likeness (QED) is 0.425. The Hall–Kier alpha value is -0.890. The summed E-state index contributed by atoms with van der Waals surface area (Å²) in [5, 5.41) is 0. The molecule has 0 radical (unpaired) electrons. The Morgan fingerprint density at radius 3 is 2.19 bits per heavy atom. The van der Waals surface area contributed by atoms with E-state index in [1.165, 1.54) is 82.6 Å². The number of unbranched alkanes of at least 4 members (excludes halogenated alkanes) is 2. The molecule has 152 valence electrons. The maximum absolute atomic E-state index is 14.2. The lowest BCUT2D eigenvalue weighted by Crippen LogP contribution is -2.25. The SMILES string of the molecule is CCCCCC1CCC(C2CCC(c3ccc(COC)c(F)c3)CC2)CC1. The lowest BCUT2D eigenvalue weighted by atomic mass is 9.68. The van der Waals surface area contributed by atoms with Crippen LogP contribution in [0.3, 0.4) is 0 Å². The summed E-state index contributed by atoms with van der Waals surface area (Å²) in [6.07, 6.45) is 16.7. The highest BCUT2D eigenvalue weighted by Crippen LogP contribution is 2.44. The molecule has 2 fully saturated rings. The van der Waals surface area contributed by atoms with Crippen LogP contribution >= 0.6 is 0 Å². The van der Waals surface area contributed by atoms with Crippen LogP contribution in [-0.2, 0) is 11.3 Å². The van der Waals surface area contributed by atoms with Gasteiger partial charge in [0.1, 0.15) is 5.82 Å². The molecule has 0 unspecified atom stereocenters. The van der Waals surface area contributed by atoms with E-state index >= 15 is 0 Å². The lowest BCUT2D eigenvalue weighted by molar-refractivity contribution is 0.155. The maximum atomic E-state index is 14.2. The summed E-state index contributed by atoms with van der Waals surface area (Å²) in [5.41, 5.74) is 1.87. The molecule has 1 nitrogen and oxygen atoms in total. The number of halogens is 1. The third-order valence-electron chi connectivity index (χ3n) is 7.39. The molecule has 0 aromatic heterocycles. The normalized spacial score (nSPS) is 29.0. The minimum absolute atomic E-state index is 0.0992. The van der Waals surface area contributed by atoms with Gasteiger partial charge in [-0.3, -0.25) is 0 Å². The van der Waals surface area contributed by atoms with Gasteiger partial charge in [0.25, 0.3) is 0 Å². The van der Waals surface area contributed by atoms with Gasteiger partial charge in [-0.05, 0) is 73.8 Å². The fourth-order valence-corrected chi connectivity index (χ4v) is 5.65. The lowest BCUT2D eigenvalue weighted by Gasteiger charge is -2.38. The van der Waals surface area contributed by atoms with Crippen LogP contribution in [0.15, 0.2) is 18.2 Å². The highest BCUT2D eigenvalue weighted by Gasteiger charge is 2.31. The van der Waals surface area contributed by atoms with Gasteiger partial charge in [-0.15, -0.1) is 0 Å². The number of ether oxygens (including phenoxy) is 1. The minimum atomic E-state index is -0.0992. The van der Waals surface area contributed by atoms with Crippen LogP contribution in [0, 0.1) is 23.6 Å². The molecular weight excluding hydrogens is 335 g/mol. The molecule has 2 aliphatic carbocycles. The van der Waals surface area contributed by atoms with Crippen molar-refractivity contribution in [3.05, 3.63) is 35.1 Å². The fraction of sp³-hybridized carbons (Fsp3) is 0.760. The second-order valence-electron chi connectivity index (χ2n) is 9.17. The molecule has 0 aliphatic heterocycles. The number of benzene rings is 1. The Bertz CT molecular complexity index is 553. The van der Waals surface area contributed by atoms with Gasteiger partial charge >= 0.3 is 0 Å². The van der Waals surface area contributed by atoms with E-state index in [2.05, 4.69) is 13.0 Å². The fourth-order valence-electron chi connectivity index (χ4n) is 5.65. The first kappa shape index (κ1) is 20.8. The molecule has 1 aromatic rings. The van der Waals surface area contributed by atoms with Crippen LogP contribution < -0.4 is 0 Å². The monoisotopic (exact) mass is 374 g/mol. The number of methoxy groups -OCH3 is 1. The standard InChI is InChI=1S/C25H39FO/c1-3-4-5-6-19-7-9-20(10-8-19)21-11-13-22(14-12-21)23-15-16-24(18-27-2)25(26)17-23/h15-17,19-22H,3-14,18H2,1-2H3. The Kier molecular flexibility index (Phi) is 8.18. The van der Waals surface area contributed by atoms with E-state index in [1.54, 1.807) is 13.2 Å². The van der Waals surface area contributed by atoms with Crippen molar-refractivity contribution in [1.82, 2.24) is 0 Å². The zero-order chi connectivity index (χ0) is 19.1. The summed E-state index contributed by atoms with van der Waals surface area (Å²) in [7, 11) is 1.62. The summed E-state index contributed by atoms with van der Waals surface area (Å²) in [5.74, 6) is 3.36. The van der Waals surface area contributed by atoms with Gasteiger partial charge in [-0.1, -0.05) is 57.6 Å². The van der Waals surface area contributed by atoms with Gasteiger partial charge in [0.05, 0.1) is 6.61 Å². The van der Waals surface area contributed by atoms with Gasteiger partial charge in [0, 0.05) is 12.7 Å². The predicted octanol–water partition coefficient (Wildman–Crippen LogP) is 7.63. The molecule has 0 bridgehead atoms. The smallest absolute Gasteiger partial charge is 0.129 e. The first-order chi connectivity index (χ1) is 13.2. The van der Waals surface area contributed by atoms with Gasteiger partial charge in [-0.2, -0.15) is 0 Å². The Labute approximate surface area is 166 Å². The average Bonchev–Trinajstić information content (AvgIpc) is 2.71. The third-order valence-corrected chi connectivity index (χ3v) is 7.39. The molecule has 0 N–H and O–H groups in total. The zero-order valence-electron chi connectivity index (χ0n) is 17.5. The molecular formula is C25H39FO. The van der Waals surface area contributed by atoms with E-state index in [0.717, 1.165) is 17.8 Å². The molecule has 1 aromatic carbocycles. The van der Waals surface area contributed by atoms with Crippen molar-refractivity contribution in [3.63, 3.8) is 0 Å². The predicted molar refractivity (Wildman–Crippen MR) is 111 cm³/mol. The van der Waals surface area contributed by atoms with E-state index in [-0.39, 0.29) is 5.82 Å². The Morgan fingerprint density at radius 2 is 1.59 bits per heavy atom. The van der Waals surface area contributed by atoms with Crippen molar-refractivity contribution < 1.29 is 9.13 Å². The van der Waals surface area contributed by atoms with Crippen LogP contribution in [0.5, 0.6) is 0 Å². The maximum Gasteiger partial charge on any atom is 0.129 e. The molecule has 2 saturated carbocycles. The first-order valence-corrected chi connectivity index (χ1v) is 11.5. The third kappa shape index (κ3) is 5.79. The molecule has 27 heavy (non-hydrogen) atoms. The molecule has 0 atom stereocenters.